The second-order valence-corrected chi connectivity index (χ2v) is 9.09. The zero-order valence-corrected chi connectivity index (χ0v) is 18.1. The minimum atomic E-state index is -0.444. The van der Waals surface area contributed by atoms with Gasteiger partial charge in [-0.1, -0.05) is 33.8 Å². The lowest BCUT2D eigenvalue weighted by Crippen LogP contribution is -2.33. The Labute approximate surface area is 172 Å². The first-order valence-corrected chi connectivity index (χ1v) is 9.95. The van der Waals surface area contributed by atoms with Crippen molar-refractivity contribution in [3.05, 3.63) is 53.1 Å². The van der Waals surface area contributed by atoms with Crippen LogP contribution in [0.25, 0.3) is 0 Å². The zero-order valence-electron chi connectivity index (χ0n) is 18.1. The van der Waals surface area contributed by atoms with E-state index in [4.69, 9.17) is 4.74 Å². The highest BCUT2D eigenvalue weighted by Gasteiger charge is 2.36. The molecule has 2 aromatic carbocycles. The molecular weight excluding hydrogens is 364 g/mol. The smallest absolute Gasteiger partial charge is 0.337 e. The van der Waals surface area contributed by atoms with E-state index in [0.717, 1.165) is 17.8 Å². The van der Waals surface area contributed by atoms with Crippen LogP contribution in [-0.2, 0) is 20.4 Å². The highest BCUT2D eigenvalue weighted by Crippen LogP contribution is 2.46. The molecule has 0 fully saturated rings. The predicted octanol–water partition coefficient (Wildman–Crippen LogP) is 5.52. The largest absolute Gasteiger partial charge is 0.465 e. The molecule has 0 radical (unpaired) electrons. The molecule has 5 heteroatoms. The molecule has 29 heavy (non-hydrogen) atoms. The van der Waals surface area contributed by atoms with Crippen LogP contribution in [-0.4, -0.2) is 19.0 Å². The number of fused-ring (bicyclic) bond motifs is 1. The molecule has 0 saturated heterocycles. The summed E-state index contributed by atoms with van der Waals surface area (Å²) in [6.45, 7) is 10.6. The first-order valence-electron chi connectivity index (χ1n) is 9.95. The van der Waals surface area contributed by atoms with E-state index in [0.29, 0.717) is 11.3 Å². The number of methoxy groups -OCH3 is 1. The number of benzene rings is 2. The summed E-state index contributed by atoms with van der Waals surface area (Å²) < 4.78 is 4.79. The number of ether oxygens (including phenoxy) is 1. The van der Waals surface area contributed by atoms with Crippen molar-refractivity contribution in [3.63, 3.8) is 0 Å². The summed E-state index contributed by atoms with van der Waals surface area (Å²) in [4.78, 5) is 23.5. The van der Waals surface area contributed by atoms with Crippen LogP contribution < -0.4 is 10.6 Å². The Morgan fingerprint density at radius 1 is 0.897 bits per heavy atom. The zero-order chi connectivity index (χ0) is 21.4. The number of anilines is 3. The van der Waals surface area contributed by atoms with Gasteiger partial charge in [-0.2, -0.15) is 0 Å². The Balaban J connectivity index is 2.00. The molecule has 1 aliphatic rings. The third kappa shape index (κ3) is 4.29. The van der Waals surface area contributed by atoms with Crippen molar-refractivity contribution in [2.45, 2.75) is 58.3 Å². The lowest BCUT2D eigenvalue weighted by Gasteiger charge is -2.42. The minimum absolute atomic E-state index is 0.109. The number of hydrogen-bond acceptors (Lipinski definition) is 4. The van der Waals surface area contributed by atoms with Gasteiger partial charge in [0.15, 0.2) is 0 Å². The first kappa shape index (κ1) is 20.9. The van der Waals surface area contributed by atoms with Crippen molar-refractivity contribution in [2.75, 3.05) is 17.7 Å². The van der Waals surface area contributed by atoms with Crippen LogP contribution in [0.4, 0.5) is 17.1 Å². The standard InChI is InChI=1S/C24H30N2O3/c1-15(27)25-21-13-16(22(28)29-6)7-10-20(21)26-17-8-9-18-19(14-17)24(4,5)12-11-23(18,2)3/h7-10,13-14,26H,11-12H2,1-6H3,(H,25,27). The molecule has 0 heterocycles. The molecule has 0 aromatic heterocycles. The van der Waals surface area contributed by atoms with Gasteiger partial charge in [0.25, 0.3) is 0 Å². The minimum Gasteiger partial charge on any atom is -0.465 e. The second kappa shape index (κ2) is 7.54. The third-order valence-corrected chi connectivity index (χ3v) is 5.88. The normalized spacial score (nSPS) is 16.5. The summed E-state index contributed by atoms with van der Waals surface area (Å²) in [5, 5.41) is 6.21. The number of hydrogen-bond donors (Lipinski definition) is 2. The number of nitrogens with one attached hydrogen (secondary N) is 2. The van der Waals surface area contributed by atoms with Crippen molar-refractivity contribution in [1.82, 2.24) is 0 Å². The molecule has 5 nitrogen and oxygen atoms in total. The Kier molecular flexibility index (Phi) is 5.44. The van der Waals surface area contributed by atoms with Crippen LogP contribution in [0.15, 0.2) is 36.4 Å². The number of rotatable bonds is 4. The van der Waals surface area contributed by atoms with Crippen molar-refractivity contribution in [1.29, 1.82) is 0 Å². The fraction of sp³-hybridized carbons (Fsp3) is 0.417. The molecule has 2 aromatic rings. The first-order chi connectivity index (χ1) is 13.5. The molecule has 0 aliphatic heterocycles. The van der Waals surface area contributed by atoms with E-state index >= 15 is 0 Å². The molecule has 2 N–H and O–H groups in total. The quantitative estimate of drug-likeness (QED) is 0.670. The highest BCUT2D eigenvalue weighted by atomic mass is 16.5. The van der Waals surface area contributed by atoms with Crippen LogP contribution in [0.5, 0.6) is 0 Å². The topological polar surface area (TPSA) is 67.4 Å². The van der Waals surface area contributed by atoms with Gasteiger partial charge >= 0.3 is 5.97 Å². The average Bonchev–Trinajstić information content (AvgIpc) is 2.66. The molecule has 0 bridgehead atoms. The molecule has 0 spiro atoms. The van der Waals surface area contributed by atoms with E-state index in [1.165, 1.54) is 31.6 Å². The number of carbonyl (C=O) groups is 2. The van der Waals surface area contributed by atoms with Crippen molar-refractivity contribution >= 4 is 28.9 Å². The summed E-state index contributed by atoms with van der Waals surface area (Å²) in [6, 6.07) is 11.6. The summed E-state index contributed by atoms with van der Waals surface area (Å²) in [5.74, 6) is -0.649. The molecule has 0 atom stereocenters. The fourth-order valence-electron chi connectivity index (χ4n) is 4.01. The molecule has 1 amide bonds. The van der Waals surface area contributed by atoms with Gasteiger partial charge in [-0.25, -0.2) is 4.79 Å². The van der Waals surface area contributed by atoms with Crippen molar-refractivity contribution in [3.8, 4) is 0 Å². The van der Waals surface area contributed by atoms with E-state index in [1.807, 2.05) is 0 Å². The maximum absolute atomic E-state index is 11.9. The van der Waals surface area contributed by atoms with E-state index < -0.39 is 5.97 Å². The predicted molar refractivity (Wildman–Crippen MR) is 117 cm³/mol. The van der Waals surface area contributed by atoms with Crippen LogP contribution in [0.1, 0.15) is 68.9 Å². The van der Waals surface area contributed by atoms with Crippen LogP contribution in [0, 0.1) is 0 Å². The SMILES string of the molecule is COC(=O)c1ccc(Nc2ccc3c(c2)C(C)(C)CCC3(C)C)c(NC(C)=O)c1. The van der Waals surface area contributed by atoms with E-state index in [2.05, 4.69) is 56.5 Å². The summed E-state index contributed by atoms with van der Waals surface area (Å²) in [6.07, 6.45) is 2.31. The second-order valence-electron chi connectivity index (χ2n) is 9.09. The average molecular weight is 395 g/mol. The number of carbonyl (C=O) groups excluding carboxylic acids is 2. The van der Waals surface area contributed by atoms with Crippen LogP contribution in [0.2, 0.25) is 0 Å². The molecular formula is C24H30N2O3. The van der Waals surface area contributed by atoms with Gasteiger partial charge in [0.2, 0.25) is 5.91 Å². The maximum Gasteiger partial charge on any atom is 0.337 e. The van der Waals surface area contributed by atoms with Crippen molar-refractivity contribution in [2.24, 2.45) is 0 Å². The Morgan fingerprint density at radius 3 is 2.17 bits per heavy atom. The molecule has 1 aliphatic carbocycles. The van der Waals surface area contributed by atoms with Gasteiger partial charge in [0.1, 0.15) is 0 Å². The molecule has 0 unspecified atom stereocenters. The van der Waals surface area contributed by atoms with Gasteiger partial charge in [-0.15, -0.1) is 0 Å². The van der Waals surface area contributed by atoms with Crippen molar-refractivity contribution < 1.29 is 14.3 Å². The Morgan fingerprint density at radius 2 is 1.55 bits per heavy atom. The van der Waals surface area contributed by atoms with E-state index in [-0.39, 0.29) is 16.7 Å². The molecule has 154 valence electrons. The molecule has 3 rings (SSSR count). The van der Waals surface area contributed by atoms with Crippen LogP contribution in [0.3, 0.4) is 0 Å². The summed E-state index contributed by atoms with van der Waals surface area (Å²) >= 11 is 0. The maximum atomic E-state index is 11.9. The van der Waals surface area contributed by atoms with Gasteiger partial charge < -0.3 is 15.4 Å². The van der Waals surface area contributed by atoms with E-state index in [1.54, 1.807) is 18.2 Å². The lowest BCUT2D eigenvalue weighted by molar-refractivity contribution is -0.114. The van der Waals surface area contributed by atoms with Crippen LogP contribution >= 0.6 is 0 Å². The Bertz CT molecular complexity index is 961. The summed E-state index contributed by atoms with van der Waals surface area (Å²) in [5.41, 5.74) is 5.61. The van der Waals surface area contributed by atoms with Gasteiger partial charge in [-0.05, 0) is 65.1 Å². The highest BCUT2D eigenvalue weighted by molar-refractivity contribution is 5.97. The third-order valence-electron chi connectivity index (χ3n) is 5.88. The number of amides is 1. The van der Waals surface area contributed by atoms with Gasteiger partial charge in [-0.3, -0.25) is 4.79 Å². The van der Waals surface area contributed by atoms with Gasteiger partial charge in [0.05, 0.1) is 24.0 Å². The van der Waals surface area contributed by atoms with Gasteiger partial charge in [0, 0.05) is 12.6 Å². The number of esters is 1. The molecule has 0 saturated carbocycles. The summed E-state index contributed by atoms with van der Waals surface area (Å²) in [7, 11) is 1.34. The van der Waals surface area contributed by atoms with E-state index in [9.17, 15) is 9.59 Å². The fourth-order valence-corrected chi connectivity index (χ4v) is 4.01. The lowest BCUT2D eigenvalue weighted by atomic mass is 9.63. The Hall–Kier alpha value is -2.82. The monoisotopic (exact) mass is 394 g/mol.